The van der Waals surface area contributed by atoms with Gasteiger partial charge in [-0.2, -0.15) is 4.39 Å². The van der Waals surface area contributed by atoms with Crippen molar-refractivity contribution in [3.8, 4) is 11.5 Å². The van der Waals surface area contributed by atoms with E-state index in [1.165, 1.54) is 36.7 Å². The number of likely N-dealkylation sites (N-methyl/N-ethyl adjacent to an activating group) is 1. The van der Waals surface area contributed by atoms with Crippen molar-refractivity contribution in [3.63, 3.8) is 0 Å². The second kappa shape index (κ2) is 12.8. The Morgan fingerprint density at radius 1 is 1.07 bits per heavy atom. The van der Waals surface area contributed by atoms with Gasteiger partial charge in [0.1, 0.15) is 33.1 Å². The average Bonchev–Trinajstić information content (AvgIpc) is 3.35. The minimum absolute atomic E-state index is 0.0829. The number of anilines is 2. The summed E-state index contributed by atoms with van der Waals surface area (Å²) >= 11 is 7.25. The maximum atomic E-state index is 15.8. The van der Waals surface area contributed by atoms with Crippen molar-refractivity contribution in [1.29, 1.82) is 0 Å². The van der Waals surface area contributed by atoms with Crippen molar-refractivity contribution in [2.75, 3.05) is 64.3 Å². The highest BCUT2D eigenvalue weighted by Gasteiger charge is 2.40. The maximum Gasteiger partial charge on any atom is 0.214 e. The smallest absolute Gasteiger partial charge is 0.214 e. The van der Waals surface area contributed by atoms with Gasteiger partial charge in [-0.3, -0.25) is 4.31 Å². The number of nitrogens with zero attached hydrogens (tertiary/aromatic N) is 4. The second-order valence-corrected chi connectivity index (χ2v) is 11.2. The Morgan fingerprint density at radius 2 is 1.85 bits per heavy atom. The molecule has 12 heteroatoms. The standard InChI is InChI=1S/C28H32ClF3N4O3S/c1-34(2)16-28(39-5)11-12-35(17-28)21-14-20(30)27(26(32)25(21)29)40-36(24-8-6-7-23(31)33-24)15-18-9-10-19(37-3)13-22(18)38-4/h6-10,13-14H,11-12,15-17H2,1-5H3. The topological polar surface area (TPSA) is 50.3 Å². The molecule has 0 N–H and O–H groups in total. The van der Waals surface area contributed by atoms with E-state index in [2.05, 4.69) is 4.98 Å². The third-order valence-corrected chi connectivity index (χ3v) is 8.21. The first-order chi connectivity index (χ1) is 19.1. The van der Waals surface area contributed by atoms with E-state index >= 15 is 8.78 Å². The van der Waals surface area contributed by atoms with Gasteiger partial charge in [-0.1, -0.05) is 17.7 Å². The van der Waals surface area contributed by atoms with Gasteiger partial charge in [0.2, 0.25) is 5.95 Å². The van der Waals surface area contributed by atoms with E-state index in [0.29, 0.717) is 43.1 Å². The summed E-state index contributed by atoms with van der Waals surface area (Å²) in [5.41, 5.74) is 0.440. The molecule has 1 atom stereocenters. The largest absolute Gasteiger partial charge is 0.497 e. The van der Waals surface area contributed by atoms with Gasteiger partial charge in [0.25, 0.3) is 0 Å². The Labute approximate surface area is 241 Å². The van der Waals surface area contributed by atoms with Crippen LogP contribution < -0.4 is 18.7 Å². The Kier molecular flexibility index (Phi) is 9.60. The molecule has 2 aromatic carbocycles. The van der Waals surface area contributed by atoms with Gasteiger partial charge in [-0.15, -0.1) is 0 Å². The summed E-state index contributed by atoms with van der Waals surface area (Å²) in [6, 6.07) is 10.6. The molecule has 40 heavy (non-hydrogen) atoms. The zero-order valence-corrected chi connectivity index (χ0v) is 24.6. The summed E-state index contributed by atoms with van der Waals surface area (Å²) in [6.07, 6.45) is 0.681. The molecular weight excluding hydrogens is 565 g/mol. The van der Waals surface area contributed by atoms with Crippen LogP contribution in [0.4, 0.5) is 24.7 Å². The molecule has 7 nitrogen and oxygen atoms in total. The van der Waals surface area contributed by atoms with E-state index in [-0.39, 0.29) is 28.0 Å². The number of halogens is 4. The van der Waals surface area contributed by atoms with E-state index in [9.17, 15) is 4.39 Å². The first-order valence-electron chi connectivity index (χ1n) is 12.5. The van der Waals surface area contributed by atoms with E-state index in [1.807, 2.05) is 23.9 Å². The fraction of sp³-hybridized carbons (Fsp3) is 0.393. The number of methoxy groups -OCH3 is 3. The van der Waals surface area contributed by atoms with Crippen molar-refractivity contribution in [2.24, 2.45) is 0 Å². The molecule has 0 saturated carbocycles. The number of benzene rings is 2. The van der Waals surface area contributed by atoms with Crippen LogP contribution in [0.25, 0.3) is 0 Å². The predicted molar refractivity (Wildman–Crippen MR) is 152 cm³/mol. The van der Waals surface area contributed by atoms with Crippen LogP contribution in [0.5, 0.6) is 11.5 Å². The number of pyridine rings is 1. The summed E-state index contributed by atoms with van der Waals surface area (Å²) in [5.74, 6) is -1.21. The number of hydrogen-bond donors (Lipinski definition) is 0. The van der Waals surface area contributed by atoms with Gasteiger partial charge in [-0.05, 0) is 56.7 Å². The lowest BCUT2D eigenvalue weighted by molar-refractivity contribution is -0.0100. The maximum absolute atomic E-state index is 15.8. The molecule has 3 aromatic rings. The molecule has 4 rings (SSSR count). The second-order valence-electron chi connectivity index (χ2n) is 9.76. The van der Waals surface area contributed by atoms with Gasteiger partial charge in [0.15, 0.2) is 5.82 Å². The minimum Gasteiger partial charge on any atom is -0.497 e. The zero-order chi connectivity index (χ0) is 29.0. The molecule has 2 heterocycles. The fourth-order valence-electron chi connectivity index (χ4n) is 4.81. The third kappa shape index (κ3) is 6.54. The quantitative estimate of drug-likeness (QED) is 0.151. The molecule has 1 aromatic heterocycles. The van der Waals surface area contributed by atoms with Crippen molar-refractivity contribution in [3.05, 3.63) is 70.6 Å². The van der Waals surface area contributed by atoms with Crippen LogP contribution >= 0.6 is 23.5 Å². The summed E-state index contributed by atoms with van der Waals surface area (Å²) in [5, 5.41) is -0.199. The average molecular weight is 597 g/mol. The van der Waals surface area contributed by atoms with Crippen LogP contribution in [-0.4, -0.2) is 70.5 Å². The van der Waals surface area contributed by atoms with Crippen LogP contribution in [0.3, 0.4) is 0 Å². The van der Waals surface area contributed by atoms with Crippen LogP contribution in [0.15, 0.2) is 47.4 Å². The summed E-state index contributed by atoms with van der Waals surface area (Å²) in [7, 11) is 8.57. The van der Waals surface area contributed by atoms with Crippen molar-refractivity contribution >= 4 is 35.1 Å². The van der Waals surface area contributed by atoms with E-state index in [0.717, 1.165) is 11.9 Å². The SMILES string of the molecule is COc1ccc(CN(Sc2c(F)cc(N3CCC(CN(C)C)(OC)C3)c(Cl)c2F)c2cccc(F)n2)c(OC)c1. The number of aromatic nitrogens is 1. The molecular formula is C28H32ClF3N4O3S. The molecule has 1 unspecified atom stereocenters. The number of ether oxygens (including phenoxy) is 3. The van der Waals surface area contributed by atoms with Crippen molar-refractivity contribution in [2.45, 2.75) is 23.5 Å². The molecule has 0 bridgehead atoms. The third-order valence-electron chi connectivity index (χ3n) is 6.76. The summed E-state index contributed by atoms with van der Waals surface area (Å²) in [6.45, 7) is 1.70. The Hall–Kier alpha value is -2.86. The number of rotatable bonds is 11. The van der Waals surface area contributed by atoms with Crippen LogP contribution in [0.1, 0.15) is 12.0 Å². The lowest BCUT2D eigenvalue weighted by Gasteiger charge is -2.31. The minimum atomic E-state index is -0.910. The highest BCUT2D eigenvalue weighted by atomic mass is 35.5. The lowest BCUT2D eigenvalue weighted by Crippen LogP contribution is -2.44. The Morgan fingerprint density at radius 3 is 2.50 bits per heavy atom. The summed E-state index contributed by atoms with van der Waals surface area (Å²) < 4.78 is 63.5. The van der Waals surface area contributed by atoms with E-state index < -0.39 is 23.2 Å². The zero-order valence-electron chi connectivity index (χ0n) is 23.0. The molecule has 216 valence electrons. The van der Waals surface area contributed by atoms with Gasteiger partial charge < -0.3 is 24.0 Å². The predicted octanol–water partition coefficient (Wildman–Crippen LogP) is 6.04. The van der Waals surface area contributed by atoms with E-state index in [1.54, 1.807) is 31.4 Å². The molecule has 0 radical (unpaired) electrons. The van der Waals surface area contributed by atoms with Crippen LogP contribution in [-0.2, 0) is 11.3 Å². The molecule has 0 spiro atoms. The fourth-order valence-corrected chi connectivity index (χ4v) is 6.08. The van der Waals surface area contributed by atoms with Gasteiger partial charge >= 0.3 is 0 Å². The molecule has 1 fully saturated rings. The first-order valence-corrected chi connectivity index (χ1v) is 13.7. The van der Waals surface area contributed by atoms with Gasteiger partial charge in [0.05, 0.1) is 32.1 Å². The molecule has 1 saturated heterocycles. The Bertz CT molecular complexity index is 1350. The van der Waals surface area contributed by atoms with Crippen LogP contribution in [0.2, 0.25) is 5.02 Å². The normalized spacial score (nSPS) is 17.0. The highest BCUT2D eigenvalue weighted by Crippen LogP contribution is 2.42. The van der Waals surface area contributed by atoms with Crippen molar-refractivity contribution in [1.82, 2.24) is 9.88 Å². The molecule has 1 aliphatic heterocycles. The van der Waals surface area contributed by atoms with E-state index in [4.69, 9.17) is 25.8 Å². The molecule has 0 aliphatic carbocycles. The van der Waals surface area contributed by atoms with Gasteiger partial charge in [-0.25, -0.2) is 13.8 Å². The highest BCUT2D eigenvalue weighted by molar-refractivity contribution is 8.00. The van der Waals surface area contributed by atoms with Gasteiger partial charge in [0, 0.05) is 44.4 Å². The van der Waals surface area contributed by atoms with Crippen LogP contribution in [0, 0.1) is 17.6 Å². The molecule has 1 aliphatic rings. The Balaban J connectivity index is 1.67. The lowest BCUT2D eigenvalue weighted by atomic mass is 10.0. The summed E-state index contributed by atoms with van der Waals surface area (Å²) in [4.78, 5) is 7.45. The first kappa shape index (κ1) is 30.1. The monoisotopic (exact) mass is 596 g/mol. The number of hydrogen-bond acceptors (Lipinski definition) is 8. The molecule has 0 amide bonds. The van der Waals surface area contributed by atoms with Crippen molar-refractivity contribution < 1.29 is 27.4 Å².